The summed E-state index contributed by atoms with van der Waals surface area (Å²) in [5, 5.41) is 12.1. The van der Waals surface area contributed by atoms with Crippen molar-refractivity contribution in [2.24, 2.45) is 0 Å². The average molecular weight is 246 g/mol. The first-order valence-corrected chi connectivity index (χ1v) is 5.69. The van der Waals surface area contributed by atoms with Crippen molar-refractivity contribution in [2.45, 2.75) is 13.0 Å². The minimum absolute atomic E-state index is 0.0574. The second-order valence-electron chi connectivity index (χ2n) is 4.00. The van der Waals surface area contributed by atoms with Crippen LogP contribution in [0.15, 0.2) is 36.5 Å². The van der Waals surface area contributed by atoms with Gasteiger partial charge in [0.15, 0.2) is 0 Å². The van der Waals surface area contributed by atoms with E-state index in [-0.39, 0.29) is 25.4 Å². The summed E-state index contributed by atoms with van der Waals surface area (Å²) in [6.07, 6.45) is 1.79. The molecule has 1 heterocycles. The molecule has 0 unspecified atom stereocenters. The highest BCUT2D eigenvalue weighted by molar-refractivity contribution is 5.83. The van der Waals surface area contributed by atoms with Gasteiger partial charge >= 0.3 is 5.97 Å². The van der Waals surface area contributed by atoms with E-state index in [1.165, 1.54) is 0 Å². The van der Waals surface area contributed by atoms with Gasteiger partial charge in [0, 0.05) is 18.3 Å². The molecule has 0 atom stereocenters. The number of carbonyl (C=O) groups is 2. The number of carboxylic acids is 1. The van der Waals surface area contributed by atoms with Gasteiger partial charge in [-0.1, -0.05) is 18.2 Å². The van der Waals surface area contributed by atoms with E-state index in [4.69, 9.17) is 5.11 Å². The lowest BCUT2D eigenvalue weighted by molar-refractivity contribution is -0.136. The zero-order valence-corrected chi connectivity index (χ0v) is 9.80. The van der Waals surface area contributed by atoms with Crippen LogP contribution in [0.3, 0.4) is 0 Å². The normalized spacial score (nSPS) is 10.4. The summed E-state index contributed by atoms with van der Waals surface area (Å²) in [6.45, 7) is 0.362. The Balaban J connectivity index is 1.97. The number of hydrogen-bond donors (Lipinski definition) is 2. The Morgan fingerprint density at radius 2 is 2.00 bits per heavy atom. The third kappa shape index (κ3) is 2.88. The Kier molecular flexibility index (Phi) is 3.62. The van der Waals surface area contributed by atoms with Crippen LogP contribution in [0.2, 0.25) is 0 Å². The van der Waals surface area contributed by atoms with E-state index in [9.17, 15) is 9.59 Å². The Morgan fingerprint density at radius 3 is 2.78 bits per heavy atom. The molecule has 0 saturated carbocycles. The first kappa shape index (κ1) is 12.2. The van der Waals surface area contributed by atoms with E-state index in [2.05, 4.69) is 5.32 Å². The lowest BCUT2D eigenvalue weighted by Gasteiger charge is -2.06. The minimum Gasteiger partial charge on any atom is -0.481 e. The van der Waals surface area contributed by atoms with E-state index in [1.54, 1.807) is 0 Å². The van der Waals surface area contributed by atoms with Crippen molar-refractivity contribution >= 4 is 22.8 Å². The predicted molar refractivity (Wildman–Crippen MR) is 67.2 cm³/mol. The molecule has 5 heteroatoms. The molecule has 0 saturated heterocycles. The molecule has 0 aliphatic heterocycles. The van der Waals surface area contributed by atoms with Gasteiger partial charge in [0.05, 0.1) is 6.42 Å². The second-order valence-corrected chi connectivity index (χ2v) is 4.00. The van der Waals surface area contributed by atoms with Crippen molar-refractivity contribution < 1.29 is 14.7 Å². The fraction of sp³-hybridized carbons (Fsp3) is 0.231. The van der Waals surface area contributed by atoms with Gasteiger partial charge in [-0.2, -0.15) is 0 Å². The molecule has 0 radical (unpaired) electrons. The molecule has 2 N–H and O–H groups in total. The Hall–Kier alpha value is -2.30. The third-order valence-corrected chi connectivity index (χ3v) is 2.66. The van der Waals surface area contributed by atoms with Crippen molar-refractivity contribution in [2.75, 3.05) is 6.54 Å². The van der Waals surface area contributed by atoms with Gasteiger partial charge in [0.25, 0.3) is 0 Å². The highest BCUT2D eigenvalue weighted by Gasteiger charge is 2.06. The number of carbonyl (C=O) groups excluding carboxylic acids is 1. The van der Waals surface area contributed by atoms with Crippen LogP contribution in [0, 0.1) is 0 Å². The first-order chi connectivity index (χ1) is 8.66. The molecule has 5 nitrogen and oxygen atoms in total. The monoisotopic (exact) mass is 246 g/mol. The van der Waals surface area contributed by atoms with Crippen LogP contribution in [-0.2, 0) is 16.1 Å². The fourth-order valence-electron chi connectivity index (χ4n) is 1.80. The number of aliphatic carboxylic acids is 1. The Morgan fingerprint density at radius 1 is 1.22 bits per heavy atom. The quantitative estimate of drug-likeness (QED) is 0.833. The number of para-hydroxylation sites is 1. The van der Waals surface area contributed by atoms with Crippen LogP contribution in [0.25, 0.3) is 10.9 Å². The zero-order valence-electron chi connectivity index (χ0n) is 9.80. The molecule has 1 aromatic carbocycles. The highest BCUT2D eigenvalue weighted by atomic mass is 16.4. The molecule has 0 aliphatic carbocycles. The van der Waals surface area contributed by atoms with Gasteiger partial charge in [0.2, 0.25) is 5.91 Å². The Bertz CT molecular complexity index is 574. The van der Waals surface area contributed by atoms with E-state index in [1.807, 2.05) is 41.1 Å². The largest absolute Gasteiger partial charge is 0.481 e. The summed E-state index contributed by atoms with van der Waals surface area (Å²) in [7, 11) is 0. The van der Waals surface area contributed by atoms with Crippen molar-refractivity contribution in [1.82, 2.24) is 9.88 Å². The van der Waals surface area contributed by atoms with Crippen LogP contribution in [-0.4, -0.2) is 28.1 Å². The van der Waals surface area contributed by atoms with E-state index in [0.29, 0.717) is 0 Å². The summed E-state index contributed by atoms with van der Waals surface area (Å²) in [5.41, 5.74) is 0.992. The van der Waals surface area contributed by atoms with Gasteiger partial charge in [-0.25, -0.2) is 0 Å². The molecule has 2 aromatic rings. The first-order valence-electron chi connectivity index (χ1n) is 5.69. The number of benzene rings is 1. The summed E-state index contributed by atoms with van der Waals surface area (Å²) in [5.74, 6) is -1.10. The molecule has 0 bridgehead atoms. The maximum Gasteiger partial charge on any atom is 0.305 e. The van der Waals surface area contributed by atoms with Crippen molar-refractivity contribution in [1.29, 1.82) is 0 Å². The van der Waals surface area contributed by atoms with E-state index >= 15 is 0 Å². The van der Waals surface area contributed by atoms with Crippen LogP contribution in [0.1, 0.15) is 6.42 Å². The molecule has 18 heavy (non-hydrogen) atoms. The smallest absolute Gasteiger partial charge is 0.305 e. The summed E-state index contributed by atoms with van der Waals surface area (Å²) >= 11 is 0. The maximum atomic E-state index is 11.6. The molecule has 2 rings (SSSR count). The van der Waals surface area contributed by atoms with Crippen molar-refractivity contribution in [3.05, 3.63) is 36.5 Å². The zero-order chi connectivity index (χ0) is 13.0. The lowest BCUT2D eigenvalue weighted by atomic mass is 10.2. The lowest BCUT2D eigenvalue weighted by Crippen LogP contribution is -2.29. The van der Waals surface area contributed by atoms with Gasteiger partial charge in [-0.15, -0.1) is 0 Å². The van der Waals surface area contributed by atoms with Crippen LogP contribution in [0.5, 0.6) is 0 Å². The van der Waals surface area contributed by atoms with Crippen LogP contribution < -0.4 is 5.32 Å². The van der Waals surface area contributed by atoms with Crippen molar-refractivity contribution in [3.8, 4) is 0 Å². The molecule has 1 amide bonds. The van der Waals surface area contributed by atoms with Crippen molar-refractivity contribution in [3.63, 3.8) is 0 Å². The number of carboxylic acid groups (broad SMARTS) is 1. The number of hydrogen-bond acceptors (Lipinski definition) is 2. The third-order valence-electron chi connectivity index (χ3n) is 2.66. The molecular formula is C13H14N2O3. The minimum atomic E-state index is -0.915. The fourth-order valence-corrected chi connectivity index (χ4v) is 1.80. The number of aromatic nitrogens is 1. The molecule has 1 aromatic heterocycles. The van der Waals surface area contributed by atoms with E-state index < -0.39 is 5.97 Å². The summed E-state index contributed by atoms with van der Waals surface area (Å²) in [6, 6.07) is 9.73. The SMILES string of the molecule is O=C(O)CCNC(=O)Cn1ccc2ccccc21. The molecule has 0 spiro atoms. The number of amides is 1. The number of nitrogens with one attached hydrogen (secondary N) is 1. The van der Waals surface area contributed by atoms with Gasteiger partial charge in [0.1, 0.15) is 6.54 Å². The van der Waals surface area contributed by atoms with Gasteiger partial charge in [-0.3, -0.25) is 9.59 Å². The predicted octanol–water partition coefficient (Wildman–Crippen LogP) is 1.23. The number of rotatable bonds is 5. The molecule has 94 valence electrons. The van der Waals surface area contributed by atoms with E-state index in [0.717, 1.165) is 10.9 Å². The number of nitrogens with zero attached hydrogens (tertiary/aromatic N) is 1. The van der Waals surface area contributed by atoms with Gasteiger partial charge < -0.3 is 15.0 Å². The maximum absolute atomic E-state index is 11.6. The molecule has 0 fully saturated rings. The second kappa shape index (κ2) is 5.35. The number of fused-ring (bicyclic) bond motifs is 1. The summed E-state index contributed by atoms with van der Waals surface area (Å²) in [4.78, 5) is 21.9. The summed E-state index contributed by atoms with van der Waals surface area (Å²) < 4.78 is 1.84. The van der Waals surface area contributed by atoms with Gasteiger partial charge in [-0.05, 0) is 17.5 Å². The average Bonchev–Trinajstić information content (AvgIpc) is 2.72. The Labute approximate surface area is 104 Å². The van der Waals surface area contributed by atoms with Crippen LogP contribution in [0.4, 0.5) is 0 Å². The highest BCUT2D eigenvalue weighted by Crippen LogP contribution is 2.14. The molecular weight excluding hydrogens is 232 g/mol. The van der Waals surface area contributed by atoms with Crippen LogP contribution >= 0.6 is 0 Å². The topological polar surface area (TPSA) is 71.3 Å². The standard InChI is InChI=1S/C13H14N2O3/c16-12(14-7-5-13(17)18)9-15-8-6-10-3-1-2-4-11(10)15/h1-4,6,8H,5,7,9H2,(H,14,16)(H,17,18). The molecule has 0 aliphatic rings.